The summed E-state index contributed by atoms with van der Waals surface area (Å²) in [6.45, 7) is 0. The minimum Gasteiger partial charge on any atom is -0.394 e. The van der Waals surface area contributed by atoms with Crippen LogP contribution in [0.5, 0.6) is 0 Å². The van der Waals surface area contributed by atoms with Gasteiger partial charge in [-0.2, -0.15) is 0 Å². The Labute approximate surface area is 122 Å². The molecule has 5 heteroatoms. The van der Waals surface area contributed by atoms with E-state index in [2.05, 4.69) is 20.2 Å². The Morgan fingerprint density at radius 3 is 2.14 bits per heavy atom. The topological polar surface area (TPSA) is 76.5 Å². The van der Waals surface area contributed by atoms with Gasteiger partial charge in [-0.15, -0.1) is 10.2 Å². The Kier molecular flexibility index (Phi) is 3.64. The first-order chi connectivity index (χ1) is 10.3. The highest BCUT2D eigenvalue weighted by molar-refractivity contribution is 5.78. The summed E-state index contributed by atoms with van der Waals surface area (Å²) in [7, 11) is 0. The first-order valence-electron chi connectivity index (χ1n) is 6.47. The maximum atomic E-state index is 6.10. The number of aromatic nitrogens is 2. The Balaban J connectivity index is 1.96. The zero-order chi connectivity index (χ0) is 14.5. The maximum Gasteiger partial charge on any atom is 0.201 e. The van der Waals surface area contributed by atoms with Crippen molar-refractivity contribution in [3.05, 3.63) is 67.0 Å². The van der Waals surface area contributed by atoms with Crippen LogP contribution in [0.3, 0.4) is 0 Å². The lowest BCUT2D eigenvalue weighted by atomic mass is 10.1. The van der Waals surface area contributed by atoms with E-state index in [1.54, 1.807) is 0 Å². The largest absolute Gasteiger partial charge is 0.394 e. The van der Waals surface area contributed by atoms with E-state index in [1.807, 2.05) is 60.7 Å². The molecule has 0 spiro atoms. The number of hydrogen-bond donors (Lipinski definition) is 1. The first kappa shape index (κ1) is 12.9. The molecule has 0 aliphatic heterocycles. The highest BCUT2D eigenvalue weighted by Crippen LogP contribution is 2.30. The van der Waals surface area contributed by atoms with E-state index in [0.29, 0.717) is 17.2 Å². The van der Waals surface area contributed by atoms with Crippen LogP contribution in [-0.2, 0) is 0 Å². The molecule has 0 aliphatic rings. The second-order valence-electron chi connectivity index (χ2n) is 4.36. The van der Waals surface area contributed by atoms with Crippen LogP contribution in [-0.4, -0.2) is 9.97 Å². The fourth-order valence-electron chi connectivity index (χ4n) is 1.89. The minimum atomic E-state index is 0.368. The average Bonchev–Trinajstić information content (AvgIpc) is 2.56. The van der Waals surface area contributed by atoms with E-state index in [9.17, 15) is 0 Å². The van der Waals surface area contributed by atoms with Gasteiger partial charge in [-0.25, -0.2) is 9.97 Å². The van der Waals surface area contributed by atoms with Crippen molar-refractivity contribution in [1.29, 1.82) is 0 Å². The summed E-state index contributed by atoms with van der Waals surface area (Å²) in [5.74, 6) is 0.368. The van der Waals surface area contributed by atoms with Gasteiger partial charge in [-0.3, -0.25) is 0 Å². The number of azo groups is 1. The van der Waals surface area contributed by atoms with E-state index in [4.69, 9.17) is 5.73 Å². The molecule has 0 saturated heterocycles. The lowest BCUT2D eigenvalue weighted by molar-refractivity contribution is 1.11. The van der Waals surface area contributed by atoms with Crippen LogP contribution in [0.4, 0.5) is 17.2 Å². The van der Waals surface area contributed by atoms with Gasteiger partial charge in [-0.1, -0.05) is 48.5 Å². The van der Waals surface area contributed by atoms with Gasteiger partial charge in [0.1, 0.15) is 12.0 Å². The molecule has 0 saturated carbocycles. The van der Waals surface area contributed by atoms with Crippen molar-refractivity contribution in [3.63, 3.8) is 0 Å². The van der Waals surface area contributed by atoms with Crippen molar-refractivity contribution in [2.45, 2.75) is 0 Å². The third-order valence-electron chi connectivity index (χ3n) is 2.93. The van der Waals surface area contributed by atoms with Crippen LogP contribution in [0.15, 0.2) is 77.2 Å². The number of nitrogen functional groups attached to an aromatic ring is 1. The fraction of sp³-hybridized carbons (Fsp3) is 0. The quantitative estimate of drug-likeness (QED) is 0.730. The number of anilines is 1. The molecule has 3 aromatic rings. The number of hydrogen-bond acceptors (Lipinski definition) is 5. The summed E-state index contributed by atoms with van der Waals surface area (Å²) in [6.07, 6.45) is 1.44. The highest BCUT2D eigenvalue weighted by Gasteiger charge is 2.09. The van der Waals surface area contributed by atoms with Gasteiger partial charge in [0.2, 0.25) is 5.82 Å². The van der Waals surface area contributed by atoms with E-state index in [-0.39, 0.29) is 0 Å². The van der Waals surface area contributed by atoms with E-state index in [1.165, 1.54) is 6.33 Å². The monoisotopic (exact) mass is 275 g/mol. The van der Waals surface area contributed by atoms with Crippen molar-refractivity contribution in [1.82, 2.24) is 9.97 Å². The van der Waals surface area contributed by atoms with E-state index < -0.39 is 0 Å². The van der Waals surface area contributed by atoms with Crippen LogP contribution in [0.1, 0.15) is 0 Å². The molecular weight excluding hydrogens is 262 g/mol. The molecule has 0 amide bonds. The molecule has 21 heavy (non-hydrogen) atoms. The zero-order valence-electron chi connectivity index (χ0n) is 11.2. The lowest BCUT2D eigenvalue weighted by Gasteiger charge is -2.05. The molecule has 102 valence electrons. The third kappa shape index (κ3) is 2.92. The molecule has 0 unspecified atom stereocenters. The van der Waals surface area contributed by atoms with Gasteiger partial charge in [-0.05, 0) is 12.1 Å². The second kappa shape index (κ2) is 5.92. The fourth-order valence-corrected chi connectivity index (χ4v) is 1.89. The van der Waals surface area contributed by atoms with Gasteiger partial charge in [0.15, 0.2) is 0 Å². The zero-order valence-corrected chi connectivity index (χ0v) is 11.2. The molecular formula is C16H13N5. The molecule has 0 fully saturated rings. The smallest absolute Gasteiger partial charge is 0.201 e. The average molecular weight is 275 g/mol. The van der Waals surface area contributed by atoms with Gasteiger partial charge >= 0.3 is 0 Å². The first-order valence-corrected chi connectivity index (χ1v) is 6.47. The van der Waals surface area contributed by atoms with Crippen molar-refractivity contribution >= 4 is 17.2 Å². The summed E-state index contributed by atoms with van der Waals surface area (Å²) in [5.41, 5.74) is 8.85. The molecule has 0 radical (unpaired) electrons. The summed E-state index contributed by atoms with van der Waals surface area (Å²) < 4.78 is 0. The normalized spacial score (nSPS) is 10.9. The van der Waals surface area contributed by atoms with Gasteiger partial charge in [0, 0.05) is 5.56 Å². The SMILES string of the molecule is Nc1c(N=Nc2ccccc2)ncnc1-c1ccccc1. The minimum absolute atomic E-state index is 0.368. The summed E-state index contributed by atoms with van der Waals surface area (Å²) in [4.78, 5) is 8.31. The number of rotatable bonds is 3. The molecule has 0 bridgehead atoms. The molecule has 0 aliphatic carbocycles. The second-order valence-corrected chi connectivity index (χ2v) is 4.36. The number of nitrogens with zero attached hydrogens (tertiary/aromatic N) is 4. The predicted octanol–water partition coefficient (Wildman–Crippen LogP) is 4.14. The maximum absolute atomic E-state index is 6.10. The van der Waals surface area contributed by atoms with Crippen LogP contribution in [0.2, 0.25) is 0 Å². The molecule has 2 N–H and O–H groups in total. The Morgan fingerprint density at radius 1 is 0.762 bits per heavy atom. The van der Waals surface area contributed by atoms with Gasteiger partial charge < -0.3 is 5.73 Å². The van der Waals surface area contributed by atoms with Crippen LogP contribution < -0.4 is 5.73 Å². The lowest BCUT2D eigenvalue weighted by Crippen LogP contribution is -1.95. The molecule has 1 heterocycles. The molecule has 3 rings (SSSR count). The van der Waals surface area contributed by atoms with Crippen molar-refractivity contribution < 1.29 is 0 Å². The van der Waals surface area contributed by atoms with Crippen LogP contribution in [0, 0.1) is 0 Å². The van der Waals surface area contributed by atoms with Crippen molar-refractivity contribution in [2.75, 3.05) is 5.73 Å². The molecule has 1 aromatic heterocycles. The van der Waals surface area contributed by atoms with Gasteiger partial charge in [0.25, 0.3) is 0 Å². The molecule has 0 atom stereocenters. The summed E-state index contributed by atoms with van der Waals surface area (Å²) in [6, 6.07) is 19.1. The molecule has 2 aromatic carbocycles. The van der Waals surface area contributed by atoms with E-state index >= 15 is 0 Å². The standard InChI is InChI=1S/C16H13N5/c17-14-15(12-7-3-1-4-8-12)18-11-19-16(14)21-20-13-9-5-2-6-10-13/h1-11H,17H2. The highest BCUT2D eigenvalue weighted by atomic mass is 15.2. The van der Waals surface area contributed by atoms with Crippen LogP contribution in [0.25, 0.3) is 11.3 Å². The van der Waals surface area contributed by atoms with Crippen molar-refractivity contribution in [2.24, 2.45) is 10.2 Å². The third-order valence-corrected chi connectivity index (χ3v) is 2.93. The number of benzene rings is 2. The van der Waals surface area contributed by atoms with Crippen molar-refractivity contribution in [3.8, 4) is 11.3 Å². The Hall–Kier alpha value is -3.08. The van der Waals surface area contributed by atoms with E-state index in [0.717, 1.165) is 11.3 Å². The van der Waals surface area contributed by atoms with Crippen LogP contribution >= 0.6 is 0 Å². The molecule has 5 nitrogen and oxygen atoms in total. The number of nitrogens with two attached hydrogens (primary N) is 1. The summed E-state index contributed by atoms with van der Waals surface area (Å²) in [5, 5.41) is 8.24. The Bertz CT molecular complexity index is 754. The van der Waals surface area contributed by atoms with Gasteiger partial charge in [0.05, 0.1) is 11.4 Å². The summed E-state index contributed by atoms with van der Waals surface area (Å²) >= 11 is 0. The predicted molar refractivity (Wildman–Crippen MR) is 82.5 cm³/mol. The Morgan fingerprint density at radius 2 is 1.43 bits per heavy atom.